The normalized spacial score (nSPS) is 10.9. The second-order valence-corrected chi connectivity index (χ2v) is 8.72. The van der Waals surface area contributed by atoms with Crippen LogP contribution in [-0.2, 0) is 6.18 Å². The minimum atomic E-state index is -4.52. The highest BCUT2D eigenvalue weighted by Gasteiger charge is 2.32. The average Bonchev–Trinajstić information content (AvgIpc) is 3.31. The molecule has 192 valence electrons. The van der Waals surface area contributed by atoms with Crippen LogP contribution in [0.25, 0.3) is 11.3 Å². The van der Waals surface area contributed by atoms with E-state index >= 15 is 0 Å². The van der Waals surface area contributed by atoms with Gasteiger partial charge in [-0.1, -0.05) is 33.8 Å². The summed E-state index contributed by atoms with van der Waals surface area (Å²) in [4.78, 5) is 22.7. The number of likely N-dealkylation sites (N-methyl/N-ethyl adjacent to an activating group) is 1. The Bertz CT molecular complexity index is 1030. The van der Waals surface area contributed by atoms with Crippen LogP contribution in [0.15, 0.2) is 54.2 Å². The van der Waals surface area contributed by atoms with E-state index in [9.17, 15) is 18.0 Å². The van der Waals surface area contributed by atoms with Gasteiger partial charge in [0.15, 0.2) is 5.13 Å². The van der Waals surface area contributed by atoms with Gasteiger partial charge in [0.05, 0.1) is 51.2 Å². The number of anilines is 2. The fourth-order valence-corrected chi connectivity index (χ4v) is 3.58. The number of urea groups is 1. The molecule has 3 rings (SSSR count). The van der Waals surface area contributed by atoms with Gasteiger partial charge in [-0.25, -0.2) is 14.7 Å². The number of carbonyl (C=O) groups excluding carboxylic acids is 1. The molecule has 0 unspecified atom stereocenters. The van der Waals surface area contributed by atoms with Crippen molar-refractivity contribution in [2.24, 2.45) is 0 Å². The maximum atomic E-state index is 13.3. The first kappa shape index (κ1) is 30.1. The standard InChI is InChI=1S/C21H22F3N5OS.2C2H6/c1-29(2,3)11-10-26-19(30)28(17-8-4-7-16(12-17)21(22,23)24)20-27-18(14-31-20)15-6-5-9-25-13-15;2*1-2/h4-9,12-14H,10-11H2,1-3H3;2*1-2H3/p+1. The Balaban J connectivity index is 0.00000145. The zero-order valence-electron chi connectivity index (χ0n) is 21.3. The van der Waals surface area contributed by atoms with Crippen molar-refractivity contribution in [1.82, 2.24) is 15.3 Å². The van der Waals surface area contributed by atoms with Crippen molar-refractivity contribution in [2.45, 2.75) is 33.9 Å². The number of thiazole rings is 1. The van der Waals surface area contributed by atoms with E-state index in [-0.39, 0.29) is 10.8 Å². The summed E-state index contributed by atoms with van der Waals surface area (Å²) in [6.45, 7) is 9.01. The van der Waals surface area contributed by atoms with Crippen LogP contribution in [0.4, 0.5) is 28.8 Å². The molecular formula is C25H35F3N5OS+. The minimum Gasteiger partial charge on any atom is -0.332 e. The summed E-state index contributed by atoms with van der Waals surface area (Å²) in [6.07, 6.45) is -1.26. The molecule has 2 heterocycles. The number of benzene rings is 1. The number of nitrogens with one attached hydrogen (secondary N) is 1. The third-order valence-electron chi connectivity index (χ3n) is 4.33. The maximum absolute atomic E-state index is 13.3. The summed E-state index contributed by atoms with van der Waals surface area (Å²) in [5.74, 6) is 0. The lowest BCUT2D eigenvalue weighted by Gasteiger charge is -2.25. The first-order chi connectivity index (χ1) is 16.5. The van der Waals surface area contributed by atoms with Crippen LogP contribution in [0.5, 0.6) is 0 Å². The number of alkyl halides is 3. The Labute approximate surface area is 210 Å². The van der Waals surface area contributed by atoms with Crippen molar-refractivity contribution in [2.75, 3.05) is 39.1 Å². The first-order valence-corrected chi connectivity index (χ1v) is 12.3. The SMILES string of the molecule is CC.CC.C[N+](C)(C)CCNC(=O)N(c1cccc(C(F)(F)F)c1)c1nc(-c2cccnc2)cs1. The van der Waals surface area contributed by atoms with Gasteiger partial charge in [0.25, 0.3) is 0 Å². The van der Waals surface area contributed by atoms with Crippen LogP contribution < -0.4 is 10.2 Å². The summed E-state index contributed by atoms with van der Waals surface area (Å²) in [7, 11) is 5.95. The molecule has 6 nitrogen and oxygen atoms in total. The highest BCUT2D eigenvalue weighted by Crippen LogP contribution is 2.36. The zero-order chi connectivity index (χ0) is 26.6. The van der Waals surface area contributed by atoms with Gasteiger partial charge in [0, 0.05) is 23.3 Å². The molecule has 0 aliphatic heterocycles. The van der Waals surface area contributed by atoms with Crippen molar-refractivity contribution >= 4 is 28.2 Å². The third-order valence-corrected chi connectivity index (χ3v) is 5.16. The number of rotatable bonds is 6. The van der Waals surface area contributed by atoms with E-state index in [1.165, 1.54) is 28.4 Å². The van der Waals surface area contributed by atoms with Crippen molar-refractivity contribution in [1.29, 1.82) is 0 Å². The van der Waals surface area contributed by atoms with E-state index in [4.69, 9.17) is 0 Å². The molecule has 0 radical (unpaired) electrons. The minimum absolute atomic E-state index is 0.0876. The molecule has 10 heteroatoms. The molecule has 1 N–H and O–H groups in total. The number of hydrogen-bond acceptors (Lipinski definition) is 4. The number of nitrogens with zero attached hydrogens (tertiary/aromatic N) is 4. The predicted octanol–water partition coefficient (Wildman–Crippen LogP) is 6.83. The lowest BCUT2D eigenvalue weighted by molar-refractivity contribution is -0.869. The molecule has 0 aliphatic rings. The summed E-state index contributed by atoms with van der Waals surface area (Å²) in [5.41, 5.74) is 0.589. The molecule has 0 fully saturated rings. The van der Waals surface area contributed by atoms with Gasteiger partial charge in [-0.15, -0.1) is 11.3 Å². The molecule has 0 saturated heterocycles. The molecule has 1 aromatic carbocycles. The smallest absolute Gasteiger partial charge is 0.332 e. The van der Waals surface area contributed by atoms with Gasteiger partial charge < -0.3 is 9.80 Å². The highest BCUT2D eigenvalue weighted by molar-refractivity contribution is 7.14. The van der Waals surface area contributed by atoms with Crippen LogP contribution in [0.3, 0.4) is 0 Å². The highest BCUT2D eigenvalue weighted by atomic mass is 32.1. The van der Waals surface area contributed by atoms with E-state index in [2.05, 4.69) is 15.3 Å². The fraction of sp³-hybridized carbons (Fsp3) is 0.400. The number of quaternary nitrogens is 1. The second kappa shape index (κ2) is 13.8. The fourth-order valence-electron chi connectivity index (χ4n) is 2.73. The van der Waals surface area contributed by atoms with Crippen molar-refractivity contribution in [3.63, 3.8) is 0 Å². The van der Waals surface area contributed by atoms with Crippen LogP contribution in [-0.4, -0.2) is 54.7 Å². The van der Waals surface area contributed by atoms with E-state index in [1.54, 1.807) is 23.8 Å². The van der Waals surface area contributed by atoms with Gasteiger partial charge >= 0.3 is 12.2 Å². The third kappa shape index (κ3) is 9.29. The predicted molar refractivity (Wildman–Crippen MR) is 138 cm³/mol. The summed E-state index contributed by atoms with van der Waals surface area (Å²) in [6, 6.07) is 7.70. The molecule has 2 amide bonds. The van der Waals surface area contributed by atoms with Crippen molar-refractivity contribution in [3.8, 4) is 11.3 Å². The monoisotopic (exact) mass is 510 g/mol. The number of hydrogen-bond donors (Lipinski definition) is 1. The lowest BCUT2D eigenvalue weighted by atomic mass is 10.2. The van der Waals surface area contributed by atoms with Gasteiger partial charge in [0.1, 0.15) is 0 Å². The molecule has 0 saturated carbocycles. The second-order valence-electron chi connectivity index (χ2n) is 7.89. The number of halogens is 3. The van der Waals surface area contributed by atoms with E-state index in [0.29, 0.717) is 23.3 Å². The average molecular weight is 511 g/mol. The van der Waals surface area contributed by atoms with Crippen LogP contribution in [0, 0.1) is 0 Å². The van der Waals surface area contributed by atoms with Gasteiger partial charge in [-0.05, 0) is 30.3 Å². The molecule has 0 aliphatic carbocycles. The quantitative estimate of drug-likeness (QED) is 0.370. The molecular weight excluding hydrogens is 475 g/mol. The largest absolute Gasteiger partial charge is 0.416 e. The maximum Gasteiger partial charge on any atom is 0.416 e. The Morgan fingerprint density at radius 2 is 1.77 bits per heavy atom. The Kier molecular flexibility index (Phi) is 11.8. The molecule has 0 bridgehead atoms. The number of pyridine rings is 1. The van der Waals surface area contributed by atoms with Gasteiger partial charge in [0.2, 0.25) is 0 Å². The number of aromatic nitrogens is 2. The molecule has 2 aromatic heterocycles. The van der Waals surface area contributed by atoms with Gasteiger partial charge in [-0.2, -0.15) is 13.2 Å². The molecule has 0 atom stereocenters. The zero-order valence-corrected chi connectivity index (χ0v) is 22.2. The number of carbonyl (C=O) groups is 1. The van der Waals surface area contributed by atoms with E-state index in [1.807, 2.05) is 54.9 Å². The molecule has 35 heavy (non-hydrogen) atoms. The van der Waals surface area contributed by atoms with Crippen molar-refractivity contribution < 1.29 is 22.4 Å². The van der Waals surface area contributed by atoms with E-state index in [0.717, 1.165) is 17.7 Å². The Morgan fingerprint density at radius 1 is 1.09 bits per heavy atom. The first-order valence-electron chi connectivity index (χ1n) is 11.5. The van der Waals surface area contributed by atoms with E-state index < -0.39 is 17.8 Å². The summed E-state index contributed by atoms with van der Waals surface area (Å²) >= 11 is 1.17. The Morgan fingerprint density at radius 3 is 2.34 bits per heavy atom. The summed E-state index contributed by atoms with van der Waals surface area (Å²) in [5, 5.41) is 4.80. The number of amides is 2. The Hall–Kier alpha value is -2.98. The topological polar surface area (TPSA) is 58.1 Å². The molecule has 0 spiro atoms. The van der Waals surface area contributed by atoms with Crippen LogP contribution >= 0.6 is 11.3 Å². The lowest BCUT2D eigenvalue weighted by Crippen LogP contribution is -2.45. The van der Waals surface area contributed by atoms with Crippen molar-refractivity contribution in [3.05, 3.63) is 59.7 Å². The van der Waals surface area contributed by atoms with Crippen LogP contribution in [0.1, 0.15) is 33.3 Å². The van der Waals surface area contributed by atoms with Gasteiger partial charge in [-0.3, -0.25) is 4.98 Å². The molecule has 3 aromatic rings. The van der Waals surface area contributed by atoms with Crippen LogP contribution in [0.2, 0.25) is 0 Å². The summed E-state index contributed by atoms with van der Waals surface area (Å²) < 4.78 is 40.4.